The summed E-state index contributed by atoms with van der Waals surface area (Å²) in [5, 5.41) is 2.06. The summed E-state index contributed by atoms with van der Waals surface area (Å²) in [5.41, 5.74) is 4.92. The zero-order valence-corrected chi connectivity index (χ0v) is 20.5. The van der Waals surface area contributed by atoms with E-state index in [9.17, 15) is 4.39 Å². The van der Waals surface area contributed by atoms with Gasteiger partial charge in [-0.05, 0) is 67.3 Å². The number of nitrogens with zero attached hydrogens (tertiary/aromatic N) is 6. The molecule has 0 atom stereocenters. The Bertz CT molecular complexity index is 1310. The molecular formula is C25H27FN6S2. The van der Waals surface area contributed by atoms with Crippen molar-refractivity contribution in [3.63, 3.8) is 0 Å². The number of hydrogen-bond donors (Lipinski definition) is 0. The van der Waals surface area contributed by atoms with Gasteiger partial charge in [-0.25, -0.2) is 14.4 Å². The molecule has 9 heteroatoms. The molecule has 3 aromatic heterocycles. The highest BCUT2D eigenvalue weighted by Gasteiger charge is 2.17. The molecule has 0 bridgehead atoms. The molecule has 0 saturated carbocycles. The van der Waals surface area contributed by atoms with E-state index in [-0.39, 0.29) is 5.82 Å². The van der Waals surface area contributed by atoms with Crippen molar-refractivity contribution in [3.8, 4) is 0 Å². The third kappa shape index (κ3) is 5.60. The Morgan fingerprint density at radius 1 is 0.882 bits per heavy atom. The molecule has 2 aromatic carbocycles. The number of piperazine rings is 1. The van der Waals surface area contributed by atoms with Crippen molar-refractivity contribution in [2.45, 2.75) is 19.4 Å². The minimum Gasteiger partial charge on any atom is -0.353 e. The molecule has 6 rings (SSSR count). The Hall–Kier alpha value is -2.88. The van der Waals surface area contributed by atoms with Crippen LogP contribution in [-0.2, 0) is 6.54 Å². The summed E-state index contributed by atoms with van der Waals surface area (Å²) in [6.45, 7) is 6.72. The van der Waals surface area contributed by atoms with Gasteiger partial charge in [0, 0.05) is 38.1 Å². The minimum absolute atomic E-state index is 0.197. The molecule has 34 heavy (non-hydrogen) atoms. The highest BCUT2D eigenvalue weighted by atomic mass is 32.1. The molecule has 0 unspecified atom stereocenters. The first kappa shape index (κ1) is 22.9. The van der Waals surface area contributed by atoms with Gasteiger partial charge in [0.2, 0.25) is 0 Å². The fourth-order valence-electron chi connectivity index (χ4n) is 4.20. The number of thiazole rings is 1. The van der Waals surface area contributed by atoms with Crippen LogP contribution in [0.4, 0.5) is 10.2 Å². The molecule has 1 saturated heterocycles. The lowest BCUT2D eigenvalue weighted by molar-refractivity contribution is 0.251. The van der Waals surface area contributed by atoms with Crippen LogP contribution in [0, 0.1) is 5.82 Å². The van der Waals surface area contributed by atoms with Crippen LogP contribution >= 0.6 is 22.9 Å². The molecular weight excluding hydrogens is 467 g/mol. The quantitative estimate of drug-likeness (QED) is 0.291. The molecule has 0 amide bonds. The lowest BCUT2D eigenvalue weighted by Gasteiger charge is -2.34. The number of imidazole rings is 1. The van der Waals surface area contributed by atoms with Crippen LogP contribution in [-0.4, -0.2) is 56.5 Å². The van der Waals surface area contributed by atoms with Gasteiger partial charge in [0.25, 0.3) is 0 Å². The average molecular weight is 495 g/mol. The van der Waals surface area contributed by atoms with E-state index in [2.05, 4.69) is 58.4 Å². The summed E-state index contributed by atoms with van der Waals surface area (Å²) in [6.07, 6.45) is 4.41. The summed E-state index contributed by atoms with van der Waals surface area (Å²) in [4.78, 5) is 13.4. The van der Waals surface area contributed by atoms with E-state index >= 15 is 0 Å². The van der Waals surface area contributed by atoms with Gasteiger partial charge in [0.05, 0.1) is 33.1 Å². The van der Waals surface area contributed by atoms with Crippen molar-refractivity contribution in [1.29, 1.82) is 0 Å². The lowest BCUT2D eigenvalue weighted by Crippen LogP contribution is -2.46. The van der Waals surface area contributed by atoms with Gasteiger partial charge in [-0.2, -0.15) is 4.37 Å². The van der Waals surface area contributed by atoms with Gasteiger partial charge in [0.15, 0.2) is 0 Å². The lowest BCUT2D eigenvalue weighted by atomic mass is 10.2. The Morgan fingerprint density at radius 2 is 1.74 bits per heavy atom. The van der Waals surface area contributed by atoms with Crippen molar-refractivity contribution in [3.05, 3.63) is 71.6 Å². The number of unbranched alkanes of at least 4 members (excludes halogenated alkanes) is 1. The second kappa shape index (κ2) is 11.0. The number of aromatic nitrogens is 4. The van der Waals surface area contributed by atoms with Crippen molar-refractivity contribution in [2.24, 2.45) is 0 Å². The predicted molar refractivity (Wildman–Crippen MR) is 139 cm³/mol. The van der Waals surface area contributed by atoms with E-state index in [1.165, 1.54) is 59.9 Å². The molecule has 176 valence electrons. The maximum atomic E-state index is 12.5. The maximum Gasteiger partial charge on any atom is 0.142 e. The first-order valence-electron chi connectivity index (χ1n) is 11.5. The van der Waals surface area contributed by atoms with E-state index < -0.39 is 0 Å². The second-order valence-electron chi connectivity index (χ2n) is 8.28. The maximum absolute atomic E-state index is 12.5. The normalized spacial score (nSPS) is 14.4. The van der Waals surface area contributed by atoms with Gasteiger partial charge < -0.3 is 9.47 Å². The molecule has 0 spiro atoms. The topological polar surface area (TPSA) is 50.1 Å². The highest BCUT2D eigenvalue weighted by molar-refractivity contribution is 7.16. The van der Waals surface area contributed by atoms with Gasteiger partial charge >= 0.3 is 0 Å². The fourth-order valence-corrected chi connectivity index (χ4v) is 5.43. The number of aryl methyl sites for hydroxylation is 1. The number of anilines is 1. The molecule has 1 aliphatic heterocycles. The third-order valence-electron chi connectivity index (χ3n) is 6.06. The number of rotatable bonds is 6. The van der Waals surface area contributed by atoms with E-state index in [1.54, 1.807) is 11.6 Å². The number of halogens is 1. The van der Waals surface area contributed by atoms with Gasteiger partial charge in [-0.3, -0.25) is 4.90 Å². The van der Waals surface area contributed by atoms with Crippen LogP contribution in [0.2, 0.25) is 0 Å². The number of para-hydroxylation sites is 2. The predicted octanol–water partition coefficient (Wildman–Crippen LogP) is 5.53. The van der Waals surface area contributed by atoms with E-state index in [0.717, 1.165) is 54.3 Å². The summed E-state index contributed by atoms with van der Waals surface area (Å²) in [5.74, 6) is 0.948. The molecule has 5 aromatic rings. The van der Waals surface area contributed by atoms with E-state index in [4.69, 9.17) is 0 Å². The average Bonchev–Trinajstić information content (AvgIpc) is 3.64. The zero-order chi connectivity index (χ0) is 23.2. The minimum atomic E-state index is -0.197. The molecule has 1 aliphatic rings. The van der Waals surface area contributed by atoms with Crippen LogP contribution in [0.1, 0.15) is 12.8 Å². The van der Waals surface area contributed by atoms with Crippen LogP contribution in [0.25, 0.3) is 21.3 Å². The Balaban J connectivity index is 0.000000200. The van der Waals surface area contributed by atoms with Crippen LogP contribution < -0.4 is 4.90 Å². The SMILES string of the molecule is Fc1ccc2ncsc2c1.c1ccc2c(c1)ncn2CCCCN1CCN(c2ccsn2)CC1. The molecule has 6 nitrogen and oxygen atoms in total. The third-order valence-corrected chi connectivity index (χ3v) is 7.41. The molecule has 0 N–H and O–H groups in total. The van der Waals surface area contributed by atoms with E-state index in [0.29, 0.717) is 0 Å². The van der Waals surface area contributed by atoms with Gasteiger partial charge in [-0.1, -0.05) is 12.1 Å². The largest absolute Gasteiger partial charge is 0.353 e. The summed E-state index contributed by atoms with van der Waals surface area (Å²) in [7, 11) is 0. The van der Waals surface area contributed by atoms with Crippen LogP contribution in [0.3, 0.4) is 0 Å². The first-order chi connectivity index (χ1) is 16.8. The van der Waals surface area contributed by atoms with Crippen LogP contribution in [0.15, 0.2) is 65.7 Å². The molecule has 4 heterocycles. The molecule has 0 aliphatic carbocycles. The monoisotopic (exact) mass is 494 g/mol. The standard InChI is InChI=1S/C18H23N5S.C7H4FNS/c1-2-6-17-16(5-1)19-15-23(17)9-4-3-8-21-10-12-22(13-11-21)18-7-14-24-20-18;8-5-1-2-6-7(3-5)10-4-9-6/h1-2,5-7,14-15H,3-4,8-13H2;1-4H. The number of fused-ring (bicyclic) bond motifs is 2. The fraction of sp³-hybridized carbons (Fsp3) is 0.320. The summed E-state index contributed by atoms with van der Waals surface area (Å²) in [6, 6.07) is 15.1. The van der Waals surface area contributed by atoms with Crippen molar-refractivity contribution in [1.82, 2.24) is 23.8 Å². The Morgan fingerprint density at radius 3 is 2.59 bits per heavy atom. The van der Waals surface area contributed by atoms with Crippen molar-refractivity contribution in [2.75, 3.05) is 37.6 Å². The first-order valence-corrected chi connectivity index (χ1v) is 13.2. The Kier molecular flexibility index (Phi) is 7.43. The summed E-state index contributed by atoms with van der Waals surface area (Å²) < 4.78 is 20.1. The molecule has 0 radical (unpaired) electrons. The van der Waals surface area contributed by atoms with Gasteiger partial charge in [-0.15, -0.1) is 11.3 Å². The van der Waals surface area contributed by atoms with E-state index in [1.807, 2.05) is 12.4 Å². The second-order valence-corrected chi connectivity index (χ2v) is 9.84. The number of hydrogen-bond acceptors (Lipinski definition) is 7. The summed E-state index contributed by atoms with van der Waals surface area (Å²) >= 11 is 2.99. The molecule has 1 fully saturated rings. The zero-order valence-electron chi connectivity index (χ0n) is 18.9. The van der Waals surface area contributed by atoms with Crippen molar-refractivity contribution < 1.29 is 4.39 Å². The highest BCUT2D eigenvalue weighted by Crippen LogP contribution is 2.18. The van der Waals surface area contributed by atoms with Crippen LogP contribution in [0.5, 0.6) is 0 Å². The van der Waals surface area contributed by atoms with Gasteiger partial charge in [0.1, 0.15) is 11.6 Å². The smallest absolute Gasteiger partial charge is 0.142 e. The van der Waals surface area contributed by atoms with Crippen molar-refractivity contribution >= 4 is 49.9 Å². The Labute approximate surface area is 206 Å². The number of benzene rings is 2.